The maximum Gasteiger partial charge on any atom is 0.326 e. The monoisotopic (exact) mass is 925 g/mol. The number of amides is 4. The zero-order chi connectivity index (χ0) is 47.3. The van der Waals surface area contributed by atoms with E-state index >= 15 is 0 Å². The molecule has 4 aliphatic heterocycles. The van der Waals surface area contributed by atoms with Gasteiger partial charge in [0.2, 0.25) is 17.7 Å². The number of aromatic nitrogens is 1. The summed E-state index contributed by atoms with van der Waals surface area (Å²) in [5.41, 5.74) is 3.47. The first-order valence-electron chi connectivity index (χ1n) is 22.5. The topological polar surface area (TPSA) is 204 Å². The highest BCUT2D eigenvalue weighted by Crippen LogP contribution is 2.39. The van der Waals surface area contributed by atoms with Gasteiger partial charge in [-0.25, -0.2) is 4.79 Å². The Kier molecular flexibility index (Phi) is 17.3. The standard InChI is InChI=1S/C50H60ClN5O10/c1-6-63-43-25-39(66-38-19-30(4)46(51)31(5)20-38)24-35-27-64-37-15-11-32(12-16-37)21-42(50(61)62)56-49(60)41(22-34-8-7-17-52-26-34)55-48(59)40(18-29(2)3)54-44(57)23-33-9-13-36(14-10-33)53-45(58)28-65-47(35)43/h7-8,11-12,15-17,19-20,24-26,29,33,36,40-42H,6,9-10,13-14,18,21-23,27-28H2,1-5H3,(H,53,58)(H,54,57)(H,55,59)(H,56,60)(H,61,62)/t33?,36?,40-,41+,42-/m0/s1. The van der Waals surface area contributed by atoms with Crippen LogP contribution in [-0.2, 0) is 43.4 Å². The minimum Gasteiger partial charge on any atom is -0.490 e. The Morgan fingerprint density at radius 2 is 1.53 bits per heavy atom. The summed E-state index contributed by atoms with van der Waals surface area (Å²) in [6, 6.07) is 13.8. The summed E-state index contributed by atoms with van der Waals surface area (Å²) in [4.78, 5) is 71.6. The molecule has 5 N–H and O–H groups in total. The van der Waals surface area contributed by atoms with E-state index in [0.29, 0.717) is 89.2 Å². The maximum absolute atomic E-state index is 14.0. The Balaban J connectivity index is 1.30. The van der Waals surface area contributed by atoms with Gasteiger partial charge in [0.15, 0.2) is 18.1 Å². The third kappa shape index (κ3) is 14.1. The van der Waals surface area contributed by atoms with Crippen LogP contribution in [0.15, 0.2) is 73.1 Å². The molecule has 1 fully saturated rings. The van der Waals surface area contributed by atoms with Gasteiger partial charge in [0.1, 0.15) is 42.0 Å². The molecule has 3 aromatic carbocycles. The number of rotatable bonds is 9. The van der Waals surface area contributed by atoms with Crippen molar-refractivity contribution in [2.24, 2.45) is 11.8 Å². The zero-order valence-corrected chi connectivity index (χ0v) is 38.9. The average Bonchev–Trinajstić information content (AvgIpc) is 3.27. The minimum atomic E-state index is -1.36. The van der Waals surface area contributed by atoms with Crippen LogP contribution in [-0.4, -0.2) is 77.1 Å². The molecule has 4 bridgehead atoms. The van der Waals surface area contributed by atoms with Gasteiger partial charge in [-0.05, 0) is 123 Å². The number of ether oxygens (including phenoxy) is 4. The van der Waals surface area contributed by atoms with Gasteiger partial charge >= 0.3 is 5.97 Å². The Labute approximate surface area is 390 Å². The van der Waals surface area contributed by atoms with E-state index in [9.17, 15) is 29.1 Å². The number of carbonyl (C=O) groups is 5. The van der Waals surface area contributed by atoms with E-state index in [2.05, 4.69) is 26.3 Å². The first-order valence-corrected chi connectivity index (χ1v) is 22.9. The molecule has 0 spiro atoms. The fraction of sp³-hybridized carbons (Fsp3) is 0.440. The fourth-order valence-electron chi connectivity index (χ4n) is 8.29. The highest BCUT2D eigenvalue weighted by Gasteiger charge is 2.32. The summed E-state index contributed by atoms with van der Waals surface area (Å²) in [5.74, 6) is -0.985. The minimum absolute atomic E-state index is 0.0205. The van der Waals surface area contributed by atoms with E-state index in [0.717, 1.165) is 11.1 Å². The van der Waals surface area contributed by atoms with Crippen molar-refractivity contribution in [1.29, 1.82) is 0 Å². The second kappa shape index (κ2) is 23.2. The van der Waals surface area contributed by atoms with E-state index < -0.39 is 35.9 Å². The first kappa shape index (κ1) is 49.1. The van der Waals surface area contributed by atoms with Gasteiger partial charge in [0, 0.05) is 54.4 Å². The van der Waals surface area contributed by atoms with Crippen molar-refractivity contribution in [3.8, 4) is 28.7 Å². The van der Waals surface area contributed by atoms with Gasteiger partial charge < -0.3 is 45.3 Å². The van der Waals surface area contributed by atoms with Crippen LogP contribution in [0, 0.1) is 25.7 Å². The van der Waals surface area contributed by atoms with Crippen LogP contribution in [0.25, 0.3) is 0 Å². The Morgan fingerprint density at radius 1 is 0.833 bits per heavy atom. The SMILES string of the molecule is CCOc1cc(Oc2cc(C)c(Cl)c(C)c2)cc2c1OCC(=O)NC1CCC(CC1)CC(=O)N[C@@H](CC(C)C)C(=O)N[C@H](Cc1cccnc1)C(=O)N[C@H](C(=O)O)Cc1ccc(cc1)OC2. The van der Waals surface area contributed by atoms with Crippen LogP contribution < -0.4 is 40.2 Å². The number of benzene rings is 3. The van der Waals surface area contributed by atoms with Crippen molar-refractivity contribution in [2.45, 2.75) is 117 Å². The molecule has 4 amide bonds. The molecule has 5 aliphatic rings. The maximum atomic E-state index is 14.0. The Morgan fingerprint density at radius 3 is 2.18 bits per heavy atom. The zero-order valence-electron chi connectivity index (χ0n) is 38.1. The second-order valence-corrected chi connectivity index (χ2v) is 17.9. The Bertz CT molecular complexity index is 2310. The molecule has 0 unspecified atom stereocenters. The summed E-state index contributed by atoms with van der Waals surface area (Å²) in [6.45, 7) is 9.45. The van der Waals surface area contributed by atoms with Gasteiger partial charge in [-0.3, -0.25) is 24.2 Å². The molecule has 352 valence electrons. The molecule has 66 heavy (non-hydrogen) atoms. The molecule has 16 heteroatoms. The predicted molar refractivity (Wildman–Crippen MR) is 248 cm³/mol. The lowest BCUT2D eigenvalue weighted by atomic mass is 9.84. The molecule has 1 aliphatic carbocycles. The van der Waals surface area contributed by atoms with Crippen molar-refractivity contribution in [1.82, 2.24) is 26.3 Å². The van der Waals surface area contributed by atoms with Crippen LogP contribution in [0.4, 0.5) is 0 Å². The van der Waals surface area contributed by atoms with Crippen molar-refractivity contribution >= 4 is 41.2 Å². The molecule has 4 aromatic rings. The molecule has 5 heterocycles. The molecule has 15 nitrogen and oxygen atoms in total. The second-order valence-electron chi connectivity index (χ2n) is 17.5. The number of carboxylic acids is 1. The number of nitrogens with zero attached hydrogens (tertiary/aromatic N) is 1. The number of aliphatic carboxylic acids is 1. The number of halogens is 1. The molecule has 1 saturated carbocycles. The molecule has 9 rings (SSSR count). The smallest absolute Gasteiger partial charge is 0.326 e. The quantitative estimate of drug-likeness (QED) is 0.116. The molecular formula is C50H60ClN5O10. The van der Waals surface area contributed by atoms with E-state index in [-0.39, 0.29) is 62.2 Å². The van der Waals surface area contributed by atoms with Crippen molar-refractivity contribution in [3.63, 3.8) is 0 Å². The van der Waals surface area contributed by atoms with Crippen LogP contribution in [0.1, 0.15) is 87.1 Å². The Hall–Kier alpha value is -6.35. The molecule has 3 atom stereocenters. The van der Waals surface area contributed by atoms with Crippen LogP contribution >= 0.6 is 11.6 Å². The largest absolute Gasteiger partial charge is 0.490 e. The van der Waals surface area contributed by atoms with Gasteiger partial charge in [-0.2, -0.15) is 0 Å². The van der Waals surface area contributed by atoms with Crippen molar-refractivity contribution < 1.29 is 48.0 Å². The van der Waals surface area contributed by atoms with Crippen molar-refractivity contribution in [3.05, 3.63) is 106 Å². The van der Waals surface area contributed by atoms with Crippen LogP contribution in [0.5, 0.6) is 28.7 Å². The van der Waals surface area contributed by atoms with Gasteiger partial charge in [0.25, 0.3) is 5.91 Å². The molecular weight excluding hydrogens is 866 g/mol. The van der Waals surface area contributed by atoms with E-state index in [1.165, 1.54) is 0 Å². The van der Waals surface area contributed by atoms with E-state index in [1.54, 1.807) is 60.9 Å². The highest BCUT2D eigenvalue weighted by atomic mass is 35.5. The molecule has 1 aromatic heterocycles. The number of hydrogen-bond donors (Lipinski definition) is 5. The van der Waals surface area contributed by atoms with Gasteiger partial charge in [0.05, 0.1) is 6.61 Å². The summed E-state index contributed by atoms with van der Waals surface area (Å²) in [6.07, 6.45) is 6.28. The van der Waals surface area contributed by atoms with E-state index in [1.807, 2.05) is 46.8 Å². The van der Waals surface area contributed by atoms with Crippen molar-refractivity contribution in [2.75, 3.05) is 13.2 Å². The normalized spacial score (nSPS) is 21.2. The number of carbonyl (C=O) groups excluding carboxylic acids is 4. The summed E-state index contributed by atoms with van der Waals surface area (Å²) < 4.78 is 24.8. The third-order valence-electron chi connectivity index (χ3n) is 11.6. The van der Waals surface area contributed by atoms with Crippen LogP contribution in [0.2, 0.25) is 5.02 Å². The number of nitrogens with one attached hydrogen (secondary N) is 4. The highest BCUT2D eigenvalue weighted by molar-refractivity contribution is 6.32. The first-order chi connectivity index (χ1) is 31.6. The van der Waals surface area contributed by atoms with Gasteiger partial charge in [-0.1, -0.05) is 43.6 Å². The fourth-order valence-corrected chi connectivity index (χ4v) is 8.40. The lowest BCUT2D eigenvalue weighted by Crippen LogP contribution is -2.57. The number of pyridine rings is 1. The molecule has 0 saturated heterocycles. The number of aryl methyl sites for hydroxylation is 2. The predicted octanol–water partition coefficient (Wildman–Crippen LogP) is 6.95. The third-order valence-corrected chi connectivity index (χ3v) is 12.2. The number of hydrogen-bond acceptors (Lipinski definition) is 10. The summed E-state index contributed by atoms with van der Waals surface area (Å²) in [7, 11) is 0. The average molecular weight is 927 g/mol. The lowest BCUT2D eigenvalue weighted by molar-refractivity contribution is -0.142. The van der Waals surface area contributed by atoms with E-state index in [4.69, 9.17) is 30.5 Å². The lowest BCUT2D eigenvalue weighted by Gasteiger charge is -2.30. The number of carboxylic acid groups (broad SMARTS) is 1. The summed E-state index contributed by atoms with van der Waals surface area (Å²) >= 11 is 6.44. The summed E-state index contributed by atoms with van der Waals surface area (Å²) in [5, 5.41) is 22.4. The van der Waals surface area contributed by atoms with Gasteiger partial charge in [-0.15, -0.1) is 0 Å². The molecule has 0 radical (unpaired) electrons. The van der Waals surface area contributed by atoms with Crippen LogP contribution in [0.3, 0.4) is 0 Å².